The number of hydrogen-bond acceptors (Lipinski definition) is 4. The number of aromatic amines is 1. The lowest BCUT2D eigenvalue weighted by molar-refractivity contribution is 0.190. The fraction of sp³-hybridized carbons (Fsp3) is 0.750. The van der Waals surface area contributed by atoms with Crippen LogP contribution in [0, 0.1) is 0 Å². The highest BCUT2D eigenvalue weighted by Crippen LogP contribution is 2.20. The molecule has 1 saturated heterocycles. The van der Waals surface area contributed by atoms with E-state index in [0.717, 1.165) is 18.1 Å². The lowest BCUT2D eigenvalue weighted by Gasteiger charge is -2.07. The van der Waals surface area contributed by atoms with Crippen LogP contribution in [0.15, 0.2) is 0 Å². The Hall–Kier alpha value is -0.360. The monoisotopic (exact) mass is 254 g/mol. The van der Waals surface area contributed by atoms with Gasteiger partial charge >= 0.3 is 0 Å². The van der Waals surface area contributed by atoms with Gasteiger partial charge < -0.3 is 10.5 Å². The molecule has 0 radical (unpaired) electrons. The van der Waals surface area contributed by atoms with Crippen LogP contribution in [0.2, 0.25) is 0 Å². The molecule has 0 amide bonds. The van der Waals surface area contributed by atoms with E-state index in [1.165, 1.54) is 0 Å². The number of ether oxygens (including phenoxy) is 1. The van der Waals surface area contributed by atoms with Gasteiger partial charge in [0.15, 0.2) is 5.82 Å². The van der Waals surface area contributed by atoms with Crippen molar-refractivity contribution in [3.63, 3.8) is 0 Å². The summed E-state index contributed by atoms with van der Waals surface area (Å²) < 4.78 is 5.25. The lowest BCUT2D eigenvalue weighted by Crippen LogP contribution is -2.27. The molecule has 88 valence electrons. The van der Waals surface area contributed by atoms with Gasteiger partial charge in [0.1, 0.15) is 5.82 Å². The molecule has 0 unspecified atom stereocenters. The zero-order valence-corrected chi connectivity index (χ0v) is 10.1. The molecular weight excluding hydrogens is 239 g/mol. The zero-order chi connectivity index (χ0) is 9.26. The maximum absolute atomic E-state index is 5.84. The summed E-state index contributed by atoms with van der Waals surface area (Å²) in [6.45, 7) is 3.29. The predicted molar refractivity (Wildman–Crippen MR) is 61.8 cm³/mol. The molecule has 2 atom stereocenters. The highest BCUT2D eigenvalue weighted by molar-refractivity contribution is 5.85. The van der Waals surface area contributed by atoms with Crippen molar-refractivity contribution in [1.82, 2.24) is 15.2 Å². The highest BCUT2D eigenvalue weighted by Gasteiger charge is 2.29. The number of rotatable bonds is 2. The molecule has 0 bridgehead atoms. The molecule has 2 heterocycles. The summed E-state index contributed by atoms with van der Waals surface area (Å²) >= 11 is 0. The minimum absolute atomic E-state index is 0. The summed E-state index contributed by atoms with van der Waals surface area (Å²) in [6.07, 6.45) is 0.871. The van der Waals surface area contributed by atoms with Crippen molar-refractivity contribution in [1.29, 1.82) is 0 Å². The van der Waals surface area contributed by atoms with Crippen LogP contribution in [0.3, 0.4) is 0 Å². The molecule has 2 rings (SSSR count). The van der Waals surface area contributed by atoms with Crippen molar-refractivity contribution in [3.05, 3.63) is 11.6 Å². The van der Waals surface area contributed by atoms with Gasteiger partial charge in [0.25, 0.3) is 0 Å². The summed E-state index contributed by atoms with van der Waals surface area (Å²) in [5, 5.41) is 7.00. The van der Waals surface area contributed by atoms with Crippen LogP contribution >= 0.6 is 24.8 Å². The molecular formula is C8H16Cl2N4O. The van der Waals surface area contributed by atoms with Gasteiger partial charge in [-0.25, -0.2) is 4.98 Å². The average Bonchev–Trinajstić information content (AvgIpc) is 2.71. The third-order valence-electron chi connectivity index (χ3n) is 2.34. The number of aryl methyl sites for hydroxylation is 1. The lowest BCUT2D eigenvalue weighted by atomic mass is 10.0. The summed E-state index contributed by atoms with van der Waals surface area (Å²) in [5.74, 6) is 1.87. The second-order valence-electron chi connectivity index (χ2n) is 3.30. The van der Waals surface area contributed by atoms with Gasteiger partial charge in [-0.3, -0.25) is 5.10 Å². The molecule has 1 aliphatic rings. The number of aromatic nitrogens is 3. The molecule has 1 aliphatic heterocycles. The molecule has 1 aromatic heterocycles. The third-order valence-corrected chi connectivity index (χ3v) is 2.34. The van der Waals surface area contributed by atoms with E-state index < -0.39 is 0 Å². The first kappa shape index (κ1) is 14.6. The molecule has 3 N–H and O–H groups in total. The number of nitrogens with two attached hydrogens (primary N) is 1. The van der Waals surface area contributed by atoms with Gasteiger partial charge in [-0.1, -0.05) is 6.92 Å². The summed E-state index contributed by atoms with van der Waals surface area (Å²) in [6, 6.07) is 0.0421. The van der Waals surface area contributed by atoms with Gasteiger partial charge in [-0.05, 0) is 0 Å². The Morgan fingerprint density at radius 2 is 2.20 bits per heavy atom. The third kappa shape index (κ3) is 3.04. The first-order chi connectivity index (χ1) is 6.31. The molecule has 0 aliphatic carbocycles. The van der Waals surface area contributed by atoms with Crippen molar-refractivity contribution in [2.75, 3.05) is 13.2 Å². The van der Waals surface area contributed by atoms with Gasteiger partial charge in [-0.15, -0.1) is 24.8 Å². The number of H-pyrrole nitrogens is 1. The van der Waals surface area contributed by atoms with E-state index in [0.29, 0.717) is 13.2 Å². The van der Waals surface area contributed by atoms with E-state index in [1.54, 1.807) is 0 Å². The Labute approximate surface area is 101 Å². The van der Waals surface area contributed by atoms with E-state index in [-0.39, 0.29) is 36.8 Å². The van der Waals surface area contributed by atoms with Gasteiger partial charge in [0, 0.05) is 12.5 Å². The first-order valence-electron chi connectivity index (χ1n) is 4.55. The van der Waals surface area contributed by atoms with Crippen LogP contribution in [0.5, 0.6) is 0 Å². The Balaban J connectivity index is 0.000000980. The van der Waals surface area contributed by atoms with Crippen molar-refractivity contribution in [3.8, 4) is 0 Å². The standard InChI is InChI=1S/C8H14N4O.2ClH/c1-2-7-10-8(12-11-7)5-3-13-4-6(5)9;;/h5-6H,2-4,9H2,1H3,(H,10,11,12);2*1H/t5-,6+;;/m0../s1. The molecule has 1 aromatic rings. The van der Waals surface area contributed by atoms with Crippen molar-refractivity contribution in [2.45, 2.75) is 25.3 Å². The van der Waals surface area contributed by atoms with Crippen molar-refractivity contribution in [2.24, 2.45) is 5.73 Å². The zero-order valence-electron chi connectivity index (χ0n) is 8.47. The van der Waals surface area contributed by atoms with Gasteiger partial charge in [0.2, 0.25) is 0 Å². The fourth-order valence-electron chi connectivity index (χ4n) is 1.47. The van der Waals surface area contributed by atoms with E-state index in [4.69, 9.17) is 10.5 Å². The van der Waals surface area contributed by atoms with Crippen LogP contribution < -0.4 is 5.73 Å². The number of nitrogens with one attached hydrogen (secondary N) is 1. The van der Waals surface area contributed by atoms with Gasteiger partial charge in [0.05, 0.1) is 19.1 Å². The summed E-state index contributed by atoms with van der Waals surface area (Å²) in [4.78, 5) is 4.33. The molecule has 0 saturated carbocycles. The molecule has 7 heteroatoms. The minimum Gasteiger partial charge on any atom is -0.379 e. The molecule has 1 fully saturated rings. The van der Waals surface area contributed by atoms with E-state index >= 15 is 0 Å². The Morgan fingerprint density at radius 3 is 2.67 bits per heavy atom. The molecule has 0 spiro atoms. The minimum atomic E-state index is 0. The van der Waals surface area contributed by atoms with E-state index in [1.807, 2.05) is 6.92 Å². The Bertz CT molecular complexity index is 294. The largest absolute Gasteiger partial charge is 0.379 e. The fourth-order valence-corrected chi connectivity index (χ4v) is 1.47. The number of halogens is 2. The average molecular weight is 255 g/mol. The Kier molecular flexibility index (Phi) is 6.12. The number of nitrogens with zero attached hydrogens (tertiary/aromatic N) is 2. The normalized spacial score (nSPS) is 24.4. The topological polar surface area (TPSA) is 76.8 Å². The second-order valence-corrected chi connectivity index (χ2v) is 3.30. The van der Waals surface area contributed by atoms with Crippen LogP contribution in [0.1, 0.15) is 24.5 Å². The van der Waals surface area contributed by atoms with Gasteiger partial charge in [-0.2, -0.15) is 5.10 Å². The molecule has 0 aromatic carbocycles. The summed E-state index contributed by atoms with van der Waals surface area (Å²) in [5.41, 5.74) is 5.84. The Morgan fingerprint density at radius 1 is 1.47 bits per heavy atom. The van der Waals surface area contributed by atoms with Crippen LogP contribution in [-0.2, 0) is 11.2 Å². The quantitative estimate of drug-likeness (QED) is 0.813. The summed E-state index contributed by atoms with van der Waals surface area (Å²) in [7, 11) is 0. The van der Waals surface area contributed by atoms with Crippen LogP contribution in [0.4, 0.5) is 0 Å². The maximum atomic E-state index is 5.84. The van der Waals surface area contributed by atoms with E-state index in [9.17, 15) is 0 Å². The number of hydrogen-bond donors (Lipinski definition) is 2. The predicted octanol–water partition coefficient (Wildman–Crippen LogP) is 0.652. The highest BCUT2D eigenvalue weighted by atomic mass is 35.5. The smallest absolute Gasteiger partial charge is 0.157 e. The second kappa shape index (κ2) is 6.27. The molecule has 5 nitrogen and oxygen atoms in total. The van der Waals surface area contributed by atoms with Crippen LogP contribution in [-0.4, -0.2) is 34.4 Å². The van der Waals surface area contributed by atoms with E-state index in [2.05, 4.69) is 15.2 Å². The first-order valence-corrected chi connectivity index (χ1v) is 4.55. The van der Waals surface area contributed by atoms with Crippen molar-refractivity contribution >= 4 is 24.8 Å². The maximum Gasteiger partial charge on any atom is 0.157 e. The SMILES string of the molecule is CCc1nc([C@H]2COC[C@H]2N)n[nH]1.Cl.Cl. The molecule has 15 heavy (non-hydrogen) atoms. The van der Waals surface area contributed by atoms with Crippen LogP contribution in [0.25, 0.3) is 0 Å². The van der Waals surface area contributed by atoms with Crippen molar-refractivity contribution < 1.29 is 4.74 Å².